The SMILES string of the molecule is CC(C)(C)C(=O)NCC1CCCN(c2c(C#N)cnc3ccc(OC(F)F)cc23)C1. The highest BCUT2D eigenvalue weighted by Crippen LogP contribution is 2.34. The number of nitrogens with one attached hydrogen (secondary N) is 1. The van der Waals surface area contributed by atoms with Gasteiger partial charge in [0.05, 0.1) is 16.8 Å². The molecule has 0 spiro atoms. The normalized spacial score (nSPS) is 17.1. The maximum atomic E-state index is 12.7. The van der Waals surface area contributed by atoms with Crippen LogP contribution in [-0.2, 0) is 4.79 Å². The van der Waals surface area contributed by atoms with E-state index in [1.165, 1.54) is 18.3 Å². The number of carbonyl (C=O) groups excluding carboxylic acids is 1. The van der Waals surface area contributed by atoms with Crippen molar-refractivity contribution in [3.8, 4) is 11.8 Å². The van der Waals surface area contributed by atoms with Crippen molar-refractivity contribution < 1.29 is 18.3 Å². The van der Waals surface area contributed by atoms with E-state index >= 15 is 0 Å². The van der Waals surface area contributed by atoms with Gasteiger partial charge in [0, 0.05) is 36.6 Å². The largest absolute Gasteiger partial charge is 0.435 e. The molecule has 2 aromatic rings. The zero-order chi connectivity index (χ0) is 21.9. The third kappa shape index (κ3) is 4.96. The lowest BCUT2D eigenvalue weighted by molar-refractivity contribution is -0.128. The number of hydrogen-bond acceptors (Lipinski definition) is 5. The molecular weight excluding hydrogens is 390 g/mol. The van der Waals surface area contributed by atoms with Crippen LogP contribution in [0.1, 0.15) is 39.2 Å². The second-order valence-corrected chi connectivity index (χ2v) is 8.60. The van der Waals surface area contributed by atoms with Gasteiger partial charge in [-0.25, -0.2) is 0 Å². The molecule has 0 aliphatic carbocycles. The molecule has 1 fully saturated rings. The summed E-state index contributed by atoms with van der Waals surface area (Å²) in [5.74, 6) is 0.252. The Kier molecular flexibility index (Phi) is 6.40. The van der Waals surface area contributed by atoms with Crippen LogP contribution in [0.2, 0.25) is 0 Å². The summed E-state index contributed by atoms with van der Waals surface area (Å²) in [6, 6.07) is 6.73. The molecule has 0 bridgehead atoms. The van der Waals surface area contributed by atoms with Gasteiger partial charge in [-0.15, -0.1) is 0 Å². The number of aromatic nitrogens is 1. The lowest BCUT2D eigenvalue weighted by Gasteiger charge is -2.36. The van der Waals surface area contributed by atoms with Crippen molar-refractivity contribution in [2.75, 3.05) is 24.5 Å². The number of hydrogen-bond donors (Lipinski definition) is 1. The van der Waals surface area contributed by atoms with Crippen LogP contribution in [0.15, 0.2) is 24.4 Å². The Morgan fingerprint density at radius 2 is 2.20 bits per heavy atom. The second-order valence-electron chi connectivity index (χ2n) is 8.60. The molecule has 2 heterocycles. The van der Waals surface area contributed by atoms with E-state index in [1.807, 2.05) is 20.8 Å². The summed E-state index contributed by atoms with van der Waals surface area (Å²) < 4.78 is 29.9. The Hall–Kier alpha value is -2.95. The van der Waals surface area contributed by atoms with Gasteiger partial charge >= 0.3 is 6.61 Å². The fraction of sp³-hybridized carbons (Fsp3) is 0.500. The standard InChI is InChI=1S/C22H26F2N4O2/c1-22(2,3)20(29)27-11-14-5-4-8-28(13-14)19-15(10-25)12-26-18-7-6-16(9-17(18)19)30-21(23)24/h6-7,9,12,14,21H,4-5,8,11,13H2,1-3H3,(H,27,29). The molecule has 1 aromatic heterocycles. The molecular formula is C22H26F2N4O2. The van der Waals surface area contributed by atoms with Gasteiger partial charge in [0.2, 0.25) is 5.91 Å². The van der Waals surface area contributed by atoms with Crippen LogP contribution >= 0.6 is 0 Å². The maximum Gasteiger partial charge on any atom is 0.387 e. The summed E-state index contributed by atoms with van der Waals surface area (Å²) >= 11 is 0. The van der Waals surface area contributed by atoms with Gasteiger partial charge in [-0.1, -0.05) is 20.8 Å². The number of amides is 1. The fourth-order valence-corrected chi connectivity index (χ4v) is 3.69. The van der Waals surface area contributed by atoms with Gasteiger partial charge in [0.1, 0.15) is 11.8 Å². The Morgan fingerprint density at radius 3 is 2.87 bits per heavy atom. The lowest BCUT2D eigenvalue weighted by Crippen LogP contribution is -2.43. The second kappa shape index (κ2) is 8.82. The highest BCUT2D eigenvalue weighted by atomic mass is 19.3. The van der Waals surface area contributed by atoms with E-state index < -0.39 is 12.0 Å². The number of fused-ring (bicyclic) bond motifs is 1. The van der Waals surface area contributed by atoms with Crippen molar-refractivity contribution in [2.45, 2.75) is 40.2 Å². The Bertz CT molecular complexity index is 966. The molecule has 3 rings (SSSR count). The third-order valence-electron chi connectivity index (χ3n) is 5.22. The molecule has 160 valence electrons. The van der Waals surface area contributed by atoms with E-state index in [1.54, 1.807) is 6.07 Å². The van der Waals surface area contributed by atoms with E-state index in [-0.39, 0.29) is 17.6 Å². The molecule has 1 N–H and O–H groups in total. The Morgan fingerprint density at radius 1 is 1.43 bits per heavy atom. The number of pyridine rings is 1. The van der Waals surface area contributed by atoms with Gasteiger partial charge in [-0.3, -0.25) is 9.78 Å². The van der Waals surface area contributed by atoms with Crippen molar-refractivity contribution in [2.24, 2.45) is 11.3 Å². The fourth-order valence-electron chi connectivity index (χ4n) is 3.69. The minimum Gasteiger partial charge on any atom is -0.435 e. The van der Waals surface area contributed by atoms with Gasteiger partial charge < -0.3 is 15.0 Å². The predicted molar refractivity (Wildman–Crippen MR) is 110 cm³/mol. The van der Waals surface area contributed by atoms with E-state index in [0.29, 0.717) is 35.2 Å². The lowest BCUT2D eigenvalue weighted by atomic mass is 9.93. The van der Waals surface area contributed by atoms with Crippen molar-refractivity contribution in [3.05, 3.63) is 30.0 Å². The average Bonchev–Trinajstić information content (AvgIpc) is 2.70. The van der Waals surface area contributed by atoms with E-state index in [0.717, 1.165) is 19.4 Å². The summed E-state index contributed by atoms with van der Waals surface area (Å²) in [4.78, 5) is 18.6. The van der Waals surface area contributed by atoms with Crippen molar-refractivity contribution in [1.29, 1.82) is 5.26 Å². The van der Waals surface area contributed by atoms with Crippen LogP contribution in [0.3, 0.4) is 0 Å². The highest BCUT2D eigenvalue weighted by Gasteiger charge is 2.26. The number of halogens is 2. The van der Waals surface area contributed by atoms with Crippen molar-refractivity contribution in [1.82, 2.24) is 10.3 Å². The Balaban J connectivity index is 1.88. The zero-order valence-electron chi connectivity index (χ0n) is 17.4. The first-order valence-electron chi connectivity index (χ1n) is 10.00. The number of piperidine rings is 1. The molecule has 1 aromatic carbocycles. The topological polar surface area (TPSA) is 78.3 Å². The monoisotopic (exact) mass is 416 g/mol. The number of benzene rings is 1. The molecule has 30 heavy (non-hydrogen) atoms. The molecule has 6 nitrogen and oxygen atoms in total. The number of carbonyl (C=O) groups is 1. The summed E-state index contributed by atoms with van der Waals surface area (Å²) in [6.45, 7) is 4.63. The molecule has 1 unspecified atom stereocenters. The smallest absolute Gasteiger partial charge is 0.387 e. The summed E-state index contributed by atoms with van der Waals surface area (Å²) in [5, 5.41) is 13.2. The van der Waals surface area contributed by atoms with Gasteiger partial charge in [-0.2, -0.15) is 14.0 Å². The molecule has 8 heteroatoms. The Labute approximate surface area is 174 Å². The van der Waals surface area contributed by atoms with Crippen LogP contribution in [0.25, 0.3) is 10.9 Å². The average molecular weight is 416 g/mol. The third-order valence-corrected chi connectivity index (χ3v) is 5.22. The van der Waals surface area contributed by atoms with Crippen LogP contribution in [0.5, 0.6) is 5.75 Å². The number of rotatable bonds is 5. The van der Waals surface area contributed by atoms with Crippen LogP contribution in [0.4, 0.5) is 14.5 Å². The molecule has 1 aliphatic rings. The first-order chi connectivity index (χ1) is 14.2. The molecule has 0 saturated carbocycles. The van der Waals surface area contributed by atoms with Gasteiger partial charge in [0.15, 0.2) is 0 Å². The summed E-state index contributed by atoms with van der Waals surface area (Å²) in [6.07, 6.45) is 3.37. The van der Waals surface area contributed by atoms with E-state index in [4.69, 9.17) is 0 Å². The van der Waals surface area contributed by atoms with Gasteiger partial charge in [-0.05, 0) is 37.0 Å². The molecule has 1 saturated heterocycles. The number of ether oxygens (including phenoxy) is 1. The quantitative estimate of drug-likeness (QED) is 0.794. The van der Waals surface area contributed by atoms with Crippen molar-refractivity contribution >= 4 is 22.5 Å². The first-order valence-corrected chi connectivity index (χ1v) is 10.00. The molecule has 1 aliphatic heterocycles. The molecule has 1 amide bonds. The summed E-state index contributed by atoms with van der Waals surface area (Å²) in [7, 11) is 0. The minimum atomic E-state index is -2.93. The van der Waals surface area contributed by atoms with E-state index in [9.17, 15) is 18.8 Å². The van der Waals surface area contributed by atoms with E-state index in [2.05, 4.69) is 26.0 Å². The predicted octanol–water partition coefficient (Wildman–Crippen LogP) is 4.09. The van der Waals surface area contributed by atoms with Gasteiger partial charge in [0.25, 0.3) is 0 Å². The number of alkyl halides is 2. The first kappa shape index (κ1) is 21.8. The number of anilines is 1. The molecule has 1 atom stereocenters. The zero-order valence-corrected chi connectivity index (χ0v) is 17.4. The number of nitrogens with zero attached hydrogens (tertiary/aromatic N) is 3. The highest BCUT2D eigenvalue weighted by molar-refractivity contribution is 5.95. The maximum absolute atomic E-state index is 12.7. The van der Waals surface area contributed by atoms with Crippen LogP contribution < -0.4 is 15.0 Å². The number of nitriles is 1. The summed E-state index contributed by atoms with van der Waals surface area (Å²) in [5.41, 5.74) is 1.21. The molecule has 0 radical (unpaired) electrons. The van der Waals surface area contributed by atoms with Crippen LogP contribution in [-0.4, -0.2) is 37.1 Å². The minimum absolute atomic E-state index is 0.000452. The van der Waals surface area contributed by atoms with Crippen molar-refractivity contribution in [3.63, 3.8) is 0 Å². The van der Waals surface area contributed by atoms with Crippen LogP contribution in [0, 0.1) is 22.7 Å².